The molecule has 0 heterocycles. The molecule has 0 bridgehead atoms. The SMILES string of the molecule is C=C(O)[C@@H](N)Cc1c(C)cc(O)cc1C. The van der Waals surface area contributed by atoms with E-state index in [2.05, 4.69) is 6.58 Å². The number of phenols is 1. The van der Waals surface area contributed by atoms with E-state index in [1.54, 1.807) is 12.1 Å². The molecule has 15 heavy (non-hydrogen) atoms. The third-order valence-corrected chi connectivity index (χ3v) is 2.53. The zero-order chi connectivity index (χ0) is 11.6. The summed E-state index contributed by atoms with van der Waals surface area (Å²) in [4.78, 5) is 0. The molecule has 4 N–H and O–H groups in total. The molecule has 1 aromatic rings. The topological polar surface area (TPSA) is 66.5 Å². The van der Waals surface area contributed by atoms with E-state index < -0.39 is 6.04 Å². The van der Waals surface area contributed by atoms with Gasteiger partial charge >= 0.3 is 0 Å². The van der Waals surface area contributed by atoms with Crippen molar-refractivity contribution in [3.8, 4) is 5.75 Å². The summed E-state index contributed by atoms with van der Waals surface area (Å²) in [6.45, 7) is 7.23. The van der Waals surface area contributed by atoms with Crippen LogP contribution in [0.15, 0.2) is 24.5 Å². The third kappa shape index (κ3) is 2.73. The largest absolute Gasteiger partial charge is 0.511 e. The number of aryl methyl sites for hydroxylation is 2. The molecular formula is C12H17NO2. The fourth-order valence-electron chi connectivity index (χ4n) is 1.63. The van der Waals surface area contributed by atoms with Crippen molar-refractivity contribution in [2.75, 3.05) is 0 Å². The van der Waals surface area contributed by atoms with E-state index in [0.717, 1.165) is 16.7 Å². The molecule has 0 unspecified atom stereocenters. The van der Waals surface area contributed by atoms with Gasteiger partial charge < -0.3 is 15.9 Å². The molecule has 0 saturated heterocycles. The highest BCUT2D eigenvalue weighted by molar-refractivity contribution is 5.41. The molecule has 1 atom stereocenters. The molecule has 3 nitrogen and oxygen atoms in total. The zero-order valence-corrected chi connectivity index (χ0v) is 9.12. The fraction of sp³-hybridized carbons (Fsp3) is 0.333. The maximum atomic E-state index is 9.36. The highest BCUT2D eigenvalue weighted by Crippen LogP contribution is 2.22. The Morgan fingerprint density at radius 2 is 1.87 bits per heavy atom. The average molecular weight is 207 g/mol. The van der Waals surface area contributed by atoms with Crippen molar-refractivity contribution < 1.29 is 10.2 Å². The first-order chi connectivity index (χ1) is 6.91. The van der Waals surface area contributed by atoms with Crippen molar-refractivity contribution in [2.45, 2.75) is 26.3 Å². The maximum Gasteiger partial charge on any atom is 0.116 e. The summed E-state index contributed by atoms with van der Waals surface area (Å²) >= 11 is 0. The Morgan fingerprint density at radius 1 is 1.40 bits per heavy atom. The van der Waals surface area contributed by atoms with Crippen LogP contribution in [0, 0.1) is 13.8 Å². The van der Waals surface area contributed by atoms with Gasteiger partial charge in [-0.1, -0.05) is 6.58 Å². The number of nitrogens with two attached hydrogens (primary N) is 1. The minimum Gasteiger partial charge on any atom is -0.511 e. The predicted octanol–water partition coefficient (Wildman–Crippen LogP) is 1.95. The number of hydrogen-bond donors (Lipinski definition) is 3. The first-order valence-corrected chi connectivity index (χ1v) is 4.84. The van der Waals surface area contributed by atoms with Gasteiger partial charge in [0.05, 0.1) is 6.04 Å². The molecule has 0 fully saturated rings. The van der Waals surface area contributed by atoms with E-state index >= 15 is 0 Å². The highest BCUT2D eigenvalue weighted by atomic mass is 16.3. The summed E-state index contributed by atoms with van der Waals surface area (Å²) in [5.41, 5.74) is 8.72. The molecule has 0 radical (unpaired) electrons. The van der Waals surface area contributed by atoms with Crippen LogP contribution in [-0.2, 0) is 6.42 Å². The lowest BCUT2D eigenvalue weighted by Crippen LogP contribution is -2.25. The van der Waals surface area contributed by atoms with Gasteiger partial charge in [0.25, 0.3) is 0 Å². The Labute approximate surface area is 89.9 Å². The van der Waals surface area contributed by atoms with Crippen molar-refractivity contribution in [3.63, 3.8) is 0 Å². The molecule has 0 saturated carbocycles. The average Bonchev–Trinajstić information content (AvgIpc) is 2.10. The molecule has 0 spiro atoms. The van der Waals surface area contributed by atoms with Crippen LogP contribution in [-0.4, -0.2) is 16.3 Å². The Kier molecular flexibility index (Phi) is 3.37. The Hall–Kier alpha value is -1.48. The minimum atomic E-state index is -0.452. The summed E-state index contributed by atoms with van der Waals surface area (Å²) in [5, 5.41) is 18.5. The molecule has 0 aliphatic heterocycles. The van der Waals surface area contributed by atoms with E-state index in [0.29, 0.717) is 6.42 Å². The van der Waals surface area contributed by atoms with Gasteiger partial charge in [0, 0.05) is 0 Å². The summed E-state index contributed by atoms with van der Waals surface area (Å²) in [7, 11) is 0. The Bertz CT molecular complexity index is 362. The number of hydrogen-bond acceptors (Lipinski definition) is 3. The van der Waals surface area contributed by atoms with Gasteiger partial charge in [-0.25, -0.2) is 0 Å². The fourth-order valence-corrected chi connectivity index (χ4v) is 1.63. The van der Waals surface area contributed by atoms with E-state index in [1.807, 2.05) is 13.8 Å². The lowest BCUT2D eigenvalue weighted by molar-refractivity contribution is 0.368. The van der Waals surface area contributed by atoms with Crippen LogP contribution in [0.2, 0.25) is 0 Å². The number of rotatable bonds is 3. The summed E-state index contributed by atoms with van der Waals surface area (Å²) in [6.07, 6.45) is 0.535. The molecule has 0 aliphatic carbocycles. The molecular weight excluding hydrogens is 190 g/mol. The summed E-state index contributed by atoms with van der Waals surface area (Å²) in [5.74, 6) is 0.243. The van der Waals surface area contributed by atoms with Crippen LogP contribution in [0.3, 0.4) is 0 Å². The van der Waals surface area contributed by atoms with Gasteiger partial charge in [-0.05, 0) is 49.1 Å². The molecule has 1 rings (SSSR count). The van der Waals surface area contributed by atoms with Gasteiger partial charge in [-0.15, -0.1) is 0 Å². The van der Waals surface area contributed by atoms with Gasteiger partial charge in [0.15, 0.2) is 0 Å². The quantitative estimate of drug-likeness (QED) is 0.664. The van der Waals surface area contributed by atoms with Crippen LogP contribution in [0.5, 0.6) is 5.75 Å². The van der Waals surface area contributed by atoms with Crippen LogP contribution < -0.4 is 5.73 Å². The van der Waals surface area contributed by atoms with Crippen molar-refractivity contribution in [1.82, 2.24) is 0 Å². The third-order valence-electron chi connectivity index (χ3n) is 2.53. The van der Waals surface area contributed by atoms with Gasteiger partial charge in [-0.2, -0.15) is 0 Å². The van der Waals surface area contributed by atoms with Crippen LogP contribution in [0.25, 0.3) is 0 Å². The first-order valence-electron chi connectivity index (χ1n) is 4.84. The van der Waals surface area contributed by atoms with Crippen LogP contribution in [0.4, 0.5) is 0 Å². The second-order valence-corrected chi connectivity index (χ2v) is 3.86. The van der Waals surface area contributed by atoms with E-state index in [4.69, 9.17) is 10.8 Å². The molecule has 0 amide bonds. The predicted molar refractivity (Wildman–Crippen MR) is 61.0 cm³/mol. The van der Waals surface area contributed by atoms with Gasteiger partial charge in [-0.3, -0.25) is 0 Å². The van der Waals surface area contributed by atoms with Crippen molar-refractivity contribution in [3.05, 3.63) is 41.2 Å². The molecule has 1 aromatic carbocycles. The second kappa shape index (κ2) is 4.36. The molecule has 3 heteroatoms. The number of aliphatic hydroxyl groups excluding tert-OH is 1. The van der Waals surface area contributed by atoms with Gasteiger partial charge in [0.2, 0.25) is 0 Å². The van der Waals surface area contributed by atoms with E-state index in [1.165, 1.54) is 0 Å². The van der Waals surface area contributed by atoms with Crippen molar-refractivity contribution >= 4 is 0 Å². The summed E-state index contributed by atoms with van der Waals surface area (Å²) in [6, 6.07) is 2.93. The minimum absolute atomic E-state index is 0.0122. The smallest absolute Gasteiger partial charge is 0.116 e. The number of benzene rings is 1. The molecule has 0 aromatic heterocycles. The van der Waals surface area contributed by atoms with Gasteiger partial charge in [0.1, 0.15) is 11.5 Å². The Morgan fingerprint density at radius 3 is 2.27 bits per heavy atom. The molecule has 0 aliphatic rings. The number of phenolic OH excluding ortho intramolecular Hbond substituents is 1. The lowest BCUT2D eigenvalue weighted by Gasteiger charge is -2.15. The zero-order valence-electron chi connectivity index (χ0n) is 9.12. The first kappa shape index (κ1) is 11.6. The second-order valence-electron chi connectivity index (χ2n) is 3.86. The Balaban J connectivity index is 3.00. The highest BCUT2D eigenvalue weighted by Gasteiger charge is 2.11. The van der Waals surface area contributed by atoms with E-state index in [-0.39, 0.29) is 11.5 Å². The van der Waals surface area contributed by atoms with Crippen molar-refractivity contribution in [1.29, 1.82) is 0 Å². The number of aliphatic hydroxyl groups is 1. The monoisotopic (exact) mass is 207 g/mol. The summed E-state index contributed by atoms with van der Waals surface area (Å²) < 4.78 is 0. The lowest BCUT2D eigenvalue weighted by atomic mass is 9.96. The van der Waals surface area contributed by atoms with Crippen LogP contribution >= 0.6 is 0 Å². The number of aromatic hydroxyl groups is 1. The maximum absolute atomic E-state index is 9.36. The van der Waals surface area contributed by atoms with Crippen LogP contribution in [0.1, 0.15) is 16.7 Å². The standard InChI is InChI=1S/C12H17NO2/c1-7-4-10(15)5-8(2)11(7)6-12(13)9(3)14/h4-5,12,14-15H,3,6,13H2,1-2H3/t12-/m0/s1. The molecule has 82 valence electrons. The van der Waals surface area contributed by atoms with Crippen molar-refractivity contribution in [2.24, 2.45) is 5.73 Å². The normalized spacial score (nSPS) is 12.5. The van der Waals surface area contributed by atoms with E-state index in [9.17, 15) is 5.11 Å².